The molecule has 2 nitrogen and oxygen atoms in total. The van der Waals surface area contributed by atoms with Crippen molar-refractivity contribution in [3.05, 3.63) is 34.9 Å². The lowest BCUT2D eigenvalue weighted by Gasteiger charge is -2.14. The zero-order valence-corrected chi connectivity index (χ0v) is 8.72. The van der Waals surface area contributed by atoms with E-state index in [-0.39, 0.29) is 5.56 Å². The second kappa shape index (κ2) is 4.85. The maximum absolute atomic E-state index is 13.3. The Morgan fingerprint density at radius 3 is 2.53 bits per heavy atom. The molecule has 0 bridgehead atoms. The molecule has 0 aliphatic carbocycles. The number of hydrogen-bond acceptors (Lipinski definition) is 2. The van der Waals surface area contributed by atoms with E-state index in [9.17, 15) is 8.78 Å². The summed E-state index contributed by atoms with van der Waals surface area (Å²) in [5.74, 6) is -1.41. The number of rotatable bonds is 3. The lowest BCUT2D eigenvalue weighted by Crippen LogP contribution is -2.17. The van der Waals surface area contributed by atoms with E-state index in [2.05, 4.69) is 0 Å². The fourth-order valence-electron chi connectivity index (χ4n) is 1.20. The third-order valence-corrected chi connectivity index (χ3v) is 2.24. The van der Waals surface area contributed by atoms with Crippen LogP contribution < -0.4 is 0 Å². The van der Waals surface area contributed by atoms with Crippen LogP contribution in [0.1, 0.15) is 18.1 Å². The van der Waals surface area contributed by atoms with Crippen molar-refractivity contribution in [3.63, 3.8) is 0 Å². The first-order valence-electron chi connectivity index (χ1n) is 4.65. The van der Waals surface area contributed by atoms with Crippen molar-refractivity contribution < 1.29 is 8.78 Å². The van der Waals surface area contributed by atoms with E-state index < -0.39 is 11.6 Å². The largest absolute Gasteiger partial charge is 0.302 e. The highest BCUT2D eigenvalue weighted by Crippen LogP contribution is 2.15. The molecule has 0 unspecified atom stereocenters. The van der Waals surface area contributed by atoms with Crippen LogP contribution in [0.15, 0.2) is 12.1 Å². The molecule has 0 heterocycles. The van der Waals surface area contributed by atoms with Crippen molar-refractivity contribution in [1.82, 2.24) is 4.90 Å². The maximum Gasteiger partial charge on any atom is 0.143 e. The molecule has 0 radical (unpaired) electrons. The van der Waals surface area contributed by atoms with Gasteiger partial charge in [-0.3, -0.25) is 0 Å². The summed E-state index contributed by atoms with van der Waals surface area (Å²) in [6, 6.07) is 3.72. The van der Waals surface area contributed by atoms with Crippen LogP contribution in [-0.4, -0.2) is 18.5 Å². The summed E-state index contributed by atoms with van der Waals surface area (Å²) in [7, 11) is 1.83. The van der Waals surface area contributed by atoms with Crippen molar-refractivity contribution in [3.8, 4) is 6.07 Å². The van der Waals surface area contributed by atoms with Gasteiger partial charge in [0.2, 0.25) is 0 Å². The molecular weight excluding hydrogens is 198 g/mol. The third kappa shape index (κ3) is 2.74. The average Bonchev–Trinajstić information content (AvgIpc) is 2.21. The Balaban J connectivity index is 3.03. The van der Waals surface area contributed by atoms with Crippen molar-refractivity contribution in [1.29, 1.82) is 5.26 Å². The van der Waals surface area contributed by atoms with Crippen LogP contribution >= 0.6 is 0 Å². The normalized spacial score (nSPS) is 10.4. The fourth-order valence-corrected chi connectivity index (χ4v) is 1.20. The van der Waals surface area contributed by atoms with E-state index in [0.29, 0.717) is 12.1 Å². The molecule has 0 saturated carbocycles. The molecule has 0 fully saturated rings. The van der Waals surface area contributed by atoms with Crippen molar-refractivity contribution in [2.45, 2.75) is 13.5 Å². The van der Waals surface area contributed by atoms with Crippen LogP contribution in [0.4, 0.5) is 8.78 Å². The molecule has 0 aromatic heterocycles. The monoisotopic (exact) mass is 210 g/mol. The van der Waals surface area contributed by atoms with Gasteiger partial charge in [0.1, 0.15) is 17.7 Å². The van der Waals surface area contributed by atoms with Crippen molar-refractivity contribution >= 4 is 0 Å². The highest BCUT2D eigenvalue weighted by Gasteiger charge is 2.10. The highest BCUT2D eigenvalue weighted by atomic mass is 19.1. The standard InChI is InChI=1S/C11H12F2N2/c1-3-15(2)7-9-4-8(6-14)10(12)5-11(9)13/h4-5H,3,7H2,1-2H3. The van der Waals surface area contributed by atoms with Gasteiger partial charge in [-0.05, 0) is 19.7 Å². The second-order valence-electron chi connectivity index (χ2n) is 3.37. The summed E-state index contributed by atoms with van der Waals surface area (Å²) >= 11 is 0. The molecule has 0 atom stereocenters. The molecule has 0 aliphatic rings. The van der Waals surface area contributed by atoms with Gasteiger partial charge in [-0.15, -0.1) is 0 Å². The zero-order chi connectivity index (χ0) is 11.4. The molecular formula is C11H12F2N2. The van der Waals surface area contributed by atoms with Crippen molar-refractivity contribution in [2.75, 3.05) is 13.6 Å². The minimum Gasteiger partial charge on any atom is -0.302 e. The lowest BCUT2D eigenvalue weighted by molar-refractivity contribution is 0.338. The average molecular weight is 210 g/mol. The molecule has 1 aromatic carbocycles. The Morgan fingerprint density at radius 1 is 1.33 bits per heavy atom. The van der Waals surface area contributed by atoms with Crippen LogP contribution in [0.3, 0.4) is 0 Å². The maximum atomic E-state index is 13.3. The Labute approximate surface area is 87.7 Å². The van der Waals surface area contributed by atoms with Gasteiger partial charge in [0.15, 0.2) is 0 Å². The minimum atomic E-state index is -0.807. The SMILES string of the molecule is CCN(C)Cc1cc(C#N)c(F)cc1F. The van der Waals surface area contributed by atoms with Crippen LogP contribution in [0.25, 0.3) is 0 Å². The van der Waals surface area contributed by atoms with E-state index in [1.165, 1.54) is 6.07 Å². The first-order chi connectivity index (χ1) is 7.08. The summed E-state index contributed by atoms with van der Waals surface area (Å²) < 4.78 is 26.3. The summed E-state index contributed by atoms with van der Waals surface area (Å²) in [4.78, 5) is 1.87. The second-order valence-corrected chi connectivity index (χ2v) is 3.37. The zero-order valence-electron chi connectivity index (χ0n) is 8.72. The number of nitrogens with zero attached hydrogens (tertiary/aromatic N) is 2. The Kier molecular flexibility index (Phi) is 3.75. The molecule has 1 rings (SSSR count). The molecule has 80 valence electrons. The molecule has 0 amide bonds. The molecule has 1 aromatic rings. The number of benzene rings is 1. The van der Waals surface area contributed by atoms with E-state index >= 15 is 0 Å². The number of halogens is 2. The number of hydrogen-bond donors (Lipinski definition) is 0. The lowest BCUT2D eigenvalue weighted by atomic mass is 10.1. The fraction of sp³-hybridized carbons (Fsp3) is 0.364. The predicted molar refractivity (Wildman–Crippen MR) is 53.1 cm³/mol. The van der Waals surface area contributed by atoms with Gasteiger partial charge >= 0.3 is 0 Å². The van der Waals surface area contributed by atoms with Crippen molar-refractivity contribution in [2.24, 2.45) is 0 Å². The summed E-state index contributed by atoms with van der Waals surface area (Å²) in [6.07, 6.45) is 0. The Morgan fingerprint density at radius 2 is 2.00 bits per heavy atom. The predicted octanol–water partition coefficient (Wildman–Crippen LogP) is 2.29. The van der Waals surface area contributed by atoms with E-state index in [1.54, 1.807) is 6.07 Å². The topological polar surface area (TPSA) is 27.0 Å². The van der Waals surface area contributed by atoms with Gasteiger partial charge in [0, 0.05) is 18.2 Å². The highest BCUT2D eigenvalue weighted by molar-refractivity contribution is 5.35. The van der Waals surface area contributed by atoms with Crippen LogP contribution in [-0.2, 0) is 6.54 Å². The Bertz CT molecular complexity index is 396. The number of nitriles is 1. The smallest absolute Gasteiger partial charge is 0.143 e. The van der Waals surface area contributed by atoms with E-state index in [4.69, 9.17) is 5.26 Å². The van der Waals surface area contributed by atoms with Gasteiger partial charge in [0.25, 0.3) is 0 Å². The molecule has 0 saturated heterocycles. The van der Waals surface area contributed by atoms with Gasteiger partial charge in [-0.2, -0.15) is 5.26 Å². The van der Waals surface area contributed by atoms with Gasteiger partial charge in [-0.25, -0.2) is 8.78 Å². The Hall–Kier alpha value is -1.47. The van der Waals surface area contributed by atoms with Crippen LogP contribution in [0.5, 0.6) is 0 Å². The van der Waals surface area contributed by atoms with Crippen LogP contribution in [0.2, 0.25) is 0 Å². The van der Waals surface area contributed by atoms with Gasteiger partial charge < -0.3 is 4.90 Å². The quantitative estimate of drug-likeness (QED) is 0.765. The molecule has 4 heteroatoms. The third-order valence-electron chi connectivity index (χ3n) is 2.24. The summed E-state index contributed by atoms with van der Waals surface area (Å²) in [6.45, 7) is 3.07. The molecule has 0 spiro atoms. The van der Waals surface area contributed by atoms with Crippen LogP contribution in [0, 0.1) is 23.0 Å². The summed E-state index contributed by atoms with van der Waals surface area (Å²) in [5, 5.41) is 8.60. The van der Waals surface area contributed by atoms with Gasteiger partial charge in [-0.1, -0.05) is 6.92 Å². The minimum absolute atomic E-state index is 0.115. The van der Waals surface area contributed by atoms with E-state index in [1.807, 2.05) is 18.9 Å². The molecule has 0 aliphatic heterocycles. The molecule has 0 N–H and O–H groups in total. The first kappa shape index (κ1) is 11.6. The summed E-state index contributed by atoms with van der Waals surface area (Å²) in [5.41, 5.74) is 0.230. The van der Waals surface area contributed by atoms with E-state index in [0.717, 1.165) is 12.6 Å². The first-order valence-corrected chi connectivity index (χ1v) is 4.65. The van der Waals surface area contributed by atoms with Gasteiger partial charge in [0.05, 0.1) is 5.56 Å². The molecule has 15 heavy (non-hydrogen) atoms.